The number of rotatable bonds is 6. The Balaban J connectivity index is 0.00000324. The minimum Gasteiger partial charge on any atom is -0.496 e. The van der Waals surface area contributed by atoms with E-state index in [9.17, 15) is 4.79 Å². The van der Waals surface area contributed by atoms with Gasteiger partial charge in [0.25, 0.3) is 0 Å². The molecule has 1 atom stereocenters. The van der Waals surface area contributed by atoms with Crippen LogP contribution in [0.1, 0.15) is 12.5 Å². The van der Waals surface area contributed by atoms with Gasteiger partial charge in [0.2, 0.25) is 5.91 Å². The average molecular weight is 287 g/mol. The summed E-state index contributed by atoms with van der Waals surface area (Å²) in [5.74, 6) is 0.934. The van der Waals surface area contributed by atoms with Crippen molar-refractivity contribution >= 4 is 18.3 Å². The minimum absolute atomic E-state index is 0. The molecule has 0 spiro atoms. The van der Waals surface area contributed by atoms with Crippen LogP contribution in [0, 0.1) is 5.92 Å². The first-order valence-electron chi connectivity index (χ1n) is 6.11. The fourth-order valence-corrected chi connectivity index (χ4v) is 1.94. The molecule has 1 aromatic rings. The molecule has 1 N–H and O–H groups in total. The molecule has 1 unspecified atom stereocenters. The lowest BCUT2D eigenvalue weighted by atomic mass is 10.1. The van der Waals surface area contributed by atoms with E-state index in [-0.39, 0.29) is 24.2 Å². The highest BCUT2D eigenvalue weighted by atomic mass is 35.5. The third kappa shape index (κ3) is 5.09. The van der Waals surface area contributed by atoms with Crippen molar-refractivity contribution in [2.75, 3.05) is 27.7 Å². The van der Waals surface area contributed by atoms with E-state index in [0.29, 0.717) is 13.1 Å². The van der Waals surface area contributed by atoms with Crippen LogP contribution in [0.2, 0.25) is 0 Å². The SMILES string of the molecule is CNCC(C)C(=O)N(C)Cc1ccccc1OC.Cl. The maximum Gasteiger partial charge on any atom is 0.226 e. The van der Waals surface area contributed by atoms with E-state index in [1.165, 1.54) is 0 Å². The van der Waals surface area contributed by atoms with Gasteiger partial charge in [0.05, 0.1) is 7.11 Å². The van der Waals surface area contributed by atoms with Crippen molar-refractivity contribution in [3.8, 4) is 5.75 Å². The molecular formula is C14H23ClN2O2. The largest absolute Gasteiger partial charge is 0.496 e. The van der Waals surface area contributed by atoms with E-state index in [0.717, 1.165) is 11.3 Å². The van der Waals surface area contributed by atoms with Crippen LogP contribution in [0.15, 0.2) is 24.3 Å². The number of hydrogen-bond donors (Lipinski definition) is 1. The highest BCUT2D eigenvalue weighted by Gasteiger charge is 2.17. The molecule has 0 bridgehead atoms. The summed E-state index contributed by atoms with van der Waals surface area (Å²) >= 11 is 0. The van der Waals surface area contributed by atoms with Crippen LogP contribution in [0.5, 0.6) is 5.75 Å². The highest BCUT2D eigenvalue weighted by Crippen LogP contribution is 2.19. The van der Waals surface area contributed by atoms with Gasteiger partial charge in [0.15, 0.2) is 0 Å². The highest BCUT2D eigenvalue weighted by molar-refractivity contribution is 5.85. The maximum atomic E-state index is 12.1. The van der Waals surface area contributed by atoms with E-state index in [1.807, 2.05) is 45.3 Å². The van der Waals surface area contributed by atoms with E-state index in [1.54, 1.807) is 12.0 Å². The fraction of sp³-hybridized carbons (Fsp3) is 0.500. The lowest BCUT2D eigenvalue weighted by molar-refractivity contribution is -0.134. The topological polar surface area (TPSA) is 41.6 Å². The summed E-state index contributed by atoms with van der Waals surface area (Å²) in [6.45, 7) is 3.18. The first-order chi connectivity index (χ1) is 8.60. The second kappa shape index (κ2) is 8.77. The smallest absolute Gasteiger partial charge is 0.226 e. The van der Waals surface area contributed by atoms with Gasteiger partial charge in [-0.15, -0.1) is 12.4 Å². The Morgan fingerprint density at radius 3 is 2.63 bits per heavy atom. The lowest BCUT2D eigenvalue weighted by Crippen LogP contribution is -2.35. The number of para-hydroxylation sites is 1. The van der Waals surface area contributed by atoms with Crippen molar-refractivity contribution in [3.05, 3.63) is 29.8 Å². The van der Waals surface area contributed by atoms with Gasteiger partial charge in [-0.2, -0.15) is 0 Å². The molecule has 0 aliphatic rings. The molecule has 0 radical (unpaired) electrons. The first kappa shape index (κ1) is 17.7. The third-order valence-corrected chi connectivity index (χ3v) is 2.91. The Morgan fingerprint density at radius 2 is 2.05 bits per heavy atom. The van der Waals surface area contributed by atoms with Crippen molar-refractivity contribution in [2.45, 2.75) is 13.5 Å². The van der Waals surface area contributed by atoms with Crippen molar-refractivity contribution in [1.82, 2.24) is 10.2 Å². The van der Waals surface area contributed by atoms with Crippen LogP contribution in [0.25, 0.3) is 0 Å². The Morgan fingerprint density at radius 1 is 1.42 bits per heavy atom. The molecule has 1 amide bonds. The molecule has 0 fully saturated rings. The van der Waals surface area contributed by atoms with Crippen LogP contribution in [-0.2, 0) is 11.3 Å². The van der Waals surface area contributed by atoms with Crippen LogP contribution in [0.4, 0.5) is 0 Å². The summed E-state index contributed by atoms with van der Waals surface area (Å²) in [5, 5.41) is 3.02. The van der Waals surface area contributed by atoms with Crippen molar-refractivity contribution in [3.63, 3.8) is 0 Å². The Bertz CT molecular complexity index is 399. The molecular weight excluding hydrogens is 264 g/mol. The van der Waals surface area contributed by atoms with Crippen molar-refractivity contribution < 1.29 is 9.53 Å². The van der Waals surface area contributed by atoms with Gasteiger partial charge >= 0.3 is 0 Å². The average Bonchev–Trinajstić information content (AvgIpc) is 2.38. The fourth-order valence-electron chi connectivity index (χ4n) is 1.94. The van der Waals surface area contributed by atoms with Gasteiger partial charge in [-0.05, 0) is 13.1 Å². The summed E-state index contributed by atoms with van der Waals surface area (Å²) in [7, 11) is 5.31. The zero-order valence-corrected chi connectivity index (χ0v) is 12.8. The predicted molar refractivity (Wildman–Crippen MR) is 79.8 cm³/mol. The van der Waals surface area contributed by atoms with E-state index in [4.69, 9.17) is 4.74 Å². The number of hydrogen-bond acceptors (Lipinski definition) is 3. The van der Waals surface area contributed by atoms with Crippen LogP contribution >= 0.6 is 12.4 Å². The van der Waals surface area contributed by atoms with Crippen LogP contribution in [0.3, 0.4) is 0 Å². The molecule has 0 heterocycles. The van der Waals surface area contributed by atoms with Gasteiger partial charge in [0, 0.05) is 31.6 Å². The molecule has 108 valence electrons. The second-order valence-corrected chi connectivity index (χ2v) is 4.46. The number of nitrogens with one attached hydrogen (secondary N) is 1. The van der Waals surface area contributed by atoms with Gasteiger partial charge in [-0.3, -0.25) is 4.79 Å². The van der Waals surface area contributed by atoms with Gasteiger partial charge in [-0.25, -0.2) is 0 Å². The molecule has 4 nitrogen and oxygen atoms in total. The normalized spacial score (nSPS) is 11.4. The number of benzene rings is 1. The molecule has 5 heteroatoms. The summed E-state index contributed by atoms with van der Waals surface area (Å²) in [5.41, 5.74) is 1.02. The minimum atomic E-state index is -0.0188. The molecule has 0 aliphatic carbocycles. The number of carbonyl (C=O) groups excluding carboxylic acids is 1. The molecule has 0 saturated carbocycles. The zero-order chi connectivity index (χ0) is 13.5. The van der Waals surface area contributed by atoms with Gasteiger partial charge in [0.1, 0.15) is 5.75 Å². The Kier molecular flexibility index (Phi) is 8.19. The maximum absolute atomic E-state index is 12.1. The molecule has 1 aromatic carbocycles. The zero-order valence-electron chi connectivity index (χ0n) is 12.0. The number of nitrogens with zero attached hydrogens (tertiary/aromatic N) is 1. The molecule has 0 aliphatic heterocycles. The van der Waals surface area contributed by atoms with E-state index < -0.39 is 0 Å². The molecule has 1 rings (SSSR count). The Labute approximate surface area is 121 Å². The van der Waals surface area contributed by atoms with Gasteiger partial charge in [-0.1, -0.05) is 25.1 Å². The standard InChI is InChI=1S/C14H22N2O2.ClH/c1-11(9-15-2)14(17)16(3)10-12-7-5-6-8-13(12)18-4;/h5-8,11,15H,9-10H2,1-4H3;1H. The van der Waals surface area contributed by atoms with Crippen LogP contribution in [-0.4, -0.2) is 38.6 Å². The van der Waals surface area contributed by atoms with Crippen LogP contribution < -0.4 is 10.1 Å². The monoisotopic (exact) mass is 286 g/mol. The third-order valence-electron chi connectivity index (χ3n) is 2.91. The first-order valence-corrected chi connectivity index (χ1v) is 6.11. The molecule has 0 aromatic heterocycles. The Hall–Kier alpha value is -1.26. The van der Waals surface area contributed by atoms with E-state index in [2.05, 4.69) is 5.32 Å². The predicted octanol–water partition coefficient (Wildman–Crippen LogP) is 1.93. The summed E-state index contributed by atoms with van der Waals surface area (Å²) in [6, 6.07) is 7.76. The number of halogens is 1. The van der Waals surface area contributed by atoms with Crippen molar-refractivity contribution in [2.24, 2.45) is 5.92 Å². The number of methoxy groups -OCH3 is 1. The summed E-state index contributed by atoms with van der Waals surface area (Å²) in [4.78, 5) is 13.8. The lowest BCUT2D eigenvalue weighted by Gasteiger charge is -2.22. The number of carbonyl (C=O) groups is 1. The number of ether oxygens (including phenoxy) is 1. The summed E-state index contributed by atoms with van der Waals surface area (Å²) < 4.78 is 5.28. The molecule has 0 saturated heterocycles. The summed E-state index contributed by atoms with van der Waals surface area (Å²) in [6.07, 6.45) is 0. The second-order valence-electron chi connectivity index (χ2n) is 4.46. The quantitative estimate of drug-likeness (QED) is 0.869. The van der Waals surface area contributed by atoms with E-state index >= 15 is 0 Å². The molecule has 19 heavy (non-hydrogen) atoms. The van der Waals surface area contributed by atoms with Gasteiger partial charge < -0.3 is 15.0 Å². The van der Waals surface area contributed by atoms with Crippen molar-refractivity contribution in [1.29, 1.82) is 0 Å². The number of amides is 1.